The summed E-state index contributed by atoms with van der Waals surface area (Å²) >= 11 is 0. The van der Waals surface area contributed by atoms with Gasteiger partial charge >= 0.3 is 6.18 Å². The van der Waals surface area contributed by atoms with Gasteiger partial charge in [-0.05, 0) is 32.7 Å². The fourth-order valence-electron chi connectivity index (χ4n) is 1.95. The third kappa shape index (κ3) is 3.84. The summed E-state index contributed by atoms with van der Waals surface area (Å²) in [7, 11) is 1.47. The van der Waals surface area contributed by atoms with Crippen molar-refractivity contribution in [2.24, 2.45) is 0 Å². The van der Waals surface area contributed by atoms with Crippen LogP contribution in [0.1, 0.15) is 25.7 Å². The number of alkyl halides is 3. The molecule has 1 fully saturated rings. The number of aliphatic hydroxyl groups is 1. The van der Waals surface area contributed by atoms with E-state index in [0.717, 1.165) is 19.3 Å². The molecule has 0 aliphatic heterocycles. The van der Waals surface area contributed by atoms with Gasteiger partial charge in [0.2, 0.25) is 0 Å². The van der Waals surface area contributed by atoms with Crippen LogP contribution in [-0.2, 0) is 0 Å². The van der Waals surface area contributed by atoms with E-state index in [1.807, 2.05) is 0 Å². The van der Waals surface area contributed by atoms with Crippen LogP contribution in [0.4, 0.5) is 13.2 Å². The quantitative estimate of drug-likeness (QED) is 0.752. The molecule has 0 saturated heterocycles. The van der Waals surface area contributed by atoms with Gasteiger partial charge in [-0.1, -0.05) is 0 Å². The van der Waals surface area contributed by atoms with Crippen molar-refractivity contribution in [1.82, 2.24) is 4.90 Å². The molecule has 0 aromatic rings. The van der Waals surface area contributed by atoms with E-state index in [1.54, 1.807) is 0 Å². The molecule has 0 aromatic carbocycles. The van der Waals surface area contributed by atoms with Crippen molar-refractivity contribution in [2.45, 2.75) is 44.0 Å². The molecule has 2 nitrogen and oxygen atoms in total. The minimum absolute atomic E-state index is 0.125. The molecular formula is C9H16F3NO. The monoisotopic (exact) mass is 211 g/mol. The first-order valence-corrected chi connectivity index (χ1v) is 4.83. The summed E-state index contributed by atoms with van der Waals surface area (Å²) in [6, 6.07) is -0.125. The Balaban J connectivity index is 2.39. The zero-order valence-corrected chi connectivity index (χ0v) is 8.22. The second-order valence-electron chi connectivity index (χ2n) is 4.00. The fourth-order valence-corrected chi connectivity index (χ4v) is 1.95. The van der Waals surface area contributed by atoms with Gasteiger partial charge in [0.1, 0.15) is 0 Å². The number of rotatable bonds is 2. The molecule has 1 rings (SSSR count). The minimum Gasteiger partial charge on any atom is -0.393 e. The molecule has 0 amide bonds. The van der Waals surface area contributed by atoms with Gasteiger partial charge in [0.15, 0.2) is 0 Å². The third-order valence-electron chi connectivity index (χ3n) is 2.67. The zero-order valence-electron chi connectivity index (χ0n) is 8.22. The summed E-state index contributed by atoms with van der Waals surface area (Å²) in [5.74, 6) is 0. The second-order valence-corrected chi connectivity index (χ2v) is 4.00. The van der Waals surface area contributed by atoms with Gasteiger partial charge in [-0.15, -0.1) is 0 Å². The highest BCUT2D eigenvalue weighted by molar-refractivity contribution is 4.79. The van der Waals surface area contributed by atoms with E-state index in [0.29, 0.717) is 6.42 Å². The van der Waals surface area contributed by atoms with Gasteiger partial charge in [-0.3, -0.25) is 4.90 Å². The Morgan fingerprint density at radius 1 is 1.36 bits per heavy atom. The molecule has 1 N–H and O–H groups in total. The maximum absolute atomic E-state index is 12.1. The number of aliphatic hydroxyl groups excluding tert-OH is 1. The molecule has 0 aromatic heterocycles. The highest BCUT2D eigenvalue weighted by atomic mass is 19.4. The molecule has 5 heteroatoms. The van der Waals surface area contributed by atoms with Crippen molar-refractivity contribution in [2.75, 3.05) is 13.6 Å². The molecular weight excluding hydrogens is 195 g/mol. The summed E-state index contributed by atoms with van der Waals surface area (Å²) in [6.45, 7) is -0.885. The smallest absolute Gasteiger partial charge is 0.393 e. The molecule has 84 valence electrons. The SMILES string of the molecule is CN(CC(F)(F)F)C1CCCC(O)C1. The van der Waals surface area contributed by atoms with Crippen LogP contribution in [0.2, 0.25) is 0 Å². The molecule has 0 spiro atoms. The van der Waals surface area contributed by atoms with Gasteiger partial charge in [0, 0.05) is 6.04 Å². The van der Waals surface area contributed by atoms with Crippen LogP contribution in [0.15, 0.2) is 0 Å². The van der Waals surface area contributed by atoms with E-state index >= 15 is 0 Å². The highest BCUT2D eigenvalue weighted by Gasteiger charge is 2.33. The average molecular weight is 211 g/mol. The number of hydrogen-bond donors (Lipinski definition) is 1. The van der Waals surface area contributed by atoms with Crippen LogP contribution in [0.3, 0.4) is 0 Å². The minimum atomic E-state index is -4.14. The van der Waals surface area contributed by atoms with Crippen molar-refractivity contribution in [3.8, 4) is 0 Å². The Hall–Kier alpha value is -0.290. The predicted molar refractivity (Wildman–Crippen MR) is 46.9 cm³/mol. The molecule has 0 bridgehead atoms. The maximum atomic E-state index is 12.1. The summed E-state index contributed by atoms with van der Waals surface area (Å²) in [5, 5.41) is 9.32. The van der Waals surface area contributed by atoms with Gasteiger partial charge in [0.25, 0.3) is 0 Å². The van der Waals surface area contributed by atoms with Crippen LogP contribution in [-0.4, -0.2) is 41.9 Å². The topological polar surface area (TPSA) is 23.5 Å². The fraction of sp³-hybridized carbons (Fsp3) is 1.00. The first-order chi connectivity index (χ1) is 6.38. The second kappa shape index (κ2) is 4.49. The van der Waals surface area contributed by atoms with Crippen LogP contribution < -0.4 is 0 Å². The third-order valence-corrected chi connectivity index (χ3v) is 2.67. The van der Waals surface area contributed by atoms with Gasteiger partial charge in [-0.25, -0.2) is 0 Å². The van der Waals surface area contributed by atoms with Gasteiger partial charge in [-0.2, -0.15) is 13.2 Å². The van der Waals surface area contributed by atoms with E-state index in [1.165, 1.54) is 11.9 Å². The Morgan fingerprint density at radius 3 is 2.50 bits per heavy atom. The van der Waals surface area contributed by atoms with Crippen molar-refractivity contribution < 1.29 is 18.3 Å². The molecule has 2 atom stereocenters. The largest absolute Gasteiger partial charge is 0.401 e. The molecule has 1 aliphatic carbocycles. The van der Waals surface area contributed by atoms with E-state index in [4.69, 9.17) is 0 Å². The normalized spacial score (nSPS) is 29.6. The lowest BCUT2D eigenvalue weighted by Gasteiger charge is -2.33. The van der Waals surface area contributed by atoms with E-state index < -0.39 is 18.8 Å². The van der Waals surface area contributed by atoms with Crippen molar-refractivity contribution in [1.29, 1.82) is 0 Å². The lowest BCUT2D eigenvalue weighted by Crippen LogP contribution is -2.42. The highest BCUT2D eigenvalue weighted by Crippen LogP contribution is 2.25. The van der Waals surface area contributed by atoms with Crippen LogP contribution in [0, 0.1) is 0 Å². The number of nitrogens with zero attached hydrogens (tertiary/aromatic N) is 1. The summed E-state index contributed by atoms with van der Waals surface area (Å²) < 4.78 is 36.2. The molecule has 1 saturated carbocycles. The molecule has 2 unspecified atom stereocenters. The standard InChI is InChI=1S/C9H16F3NO/c1-13(6-9(10,11)12)7-3-2-4-8(14)5-7/h7-8,14H,2-6H2,1H3. The van der Waals surface area contributed by atoms with E-state index in [-0.39, 0.29) is 6.04 Å². The molecule has 1 aliphatic rings. The lowest BCUT2D eigenvalue weighted by atomic mass is 9.92. The summed E-state index contributed by atoms with van der Waals surface area (Å²) in [5.41, 5.74) is 0. The Morgan fingerprint density at radius 2 is 2.00 bits per heavy atom. The Labute approximate surface area is 81.7 Å². The first kappa shape index (κ1) is 11.8. The van der Waals surface area contributed by atoms with Crippen molar-refractivity contribution in [3.05, 3.63) is 0 Å². The number of halogens is 3. The lowest BCUT2D eigenvalue weighted by molar-refractivity contribution is -0.150. The first-order valence-electron chi connectivity index (χ1n) is 4.83. The summed E-state index contributed by atoms with van der Waals surface area (Å²) in [4.78, 5) is 1.29. The Bertz CT molecular complexity index is 183. The molecule has 0 heterocycles. The van der Waals surface area contributed by atoms with Gasteiger partial charge in [0.05, 0.1) is 12.6 Å². The number of hydrogen-bond acceptors (Lipinski definition) is 2. The van der Waals surface area contributed by atoms with Crippen LogP contribution in [0.25, 0.3) is 0 Å². The zero-order chi connectivity index (χ0) is 10.8. The average Bonchev–Trinajstić information content (AvgIpc) is 2.01. The van der Waals surface area contributed by atoms with Crippen molar-refractivity contribution >= 4 is 0 Å². The maximum Gasteiger partial charge on any atom is 0.401 e. The van der Waals surface area contributed by atoms with E-state index in [2.05, 4.69) is 0 Å². The summed E-state index contributed by atoms with van der Waals surface area (Å²) in [6.07, 6.45) is -1.82. The van der Waals surface area contributed by atoms with E-state index in [9.17, 15) is 18.3 Å². The molecule has 0 radical (unpaired) electrons. The predicted octanol–water partition coefficient (Wildman–Crippen LogP) is 1.78. The van der Waals surface area contributed by atoms with Crippen molar-refractivity contribution in [3.63, 3.8) is 0 Å². The Kier molecular flexibility index (Phi) is 3.78. The van der Waals surface area contributed by atoms with Crippen LogP contribution >= 0.6 is 0 Å². The van der Waals surface area contributed by atoms with Crippen LogP contribution in [0.5, 0.6) is 0 Å². The molecule has 14 heavy (non-hydrogen) atoms. The van der Waals surface area contributed by atoms with Gasteiger partial charge < -0.3 is 5.11 Å².